The van der Waals surface area contributed by atoms with Crippen molar-refractivity contribution in [3.63, 3.8) is 0 Å². The van der Waals surface area contributed by atoms with Crippen LogP contribution in [0.15, 0.2) is 12.1 Å². The summed E-state index contributed by atoms with van der Waals surface area (Å²) in [5.74, 6) is 0.770. The molecule has 3 heteroatoms. The molecule has 0 aliphatic heterocycles. The van der Waals surface area contributed by atoms with E-state index in [-0.39, 0.29) is 0 Å². The summed E-state index contributed by atoms with van der Waals surface area (Å²) in [6.07, 6.45) is 0. The van der Waals surface area contributed by atoms with Gasteiger partial charge in [0.15, 0.2) is 0 Å². The first-order chi connectivity index (χ1) is 6.11. The Labute approximate surface area is 78.4 Å². The lowest BCUT2D eigenvalue weighted by molar-refractivity contribution is 0.886. The van der Waals surface area contributed by atoms with E-state index in [2.05, 4.69) is 16.4 Å². The van der Waals surface area contributed by atoms with Gasteiger partial charge in [0, 0.05) is 11.7 Å². The summed E-state index contributed by atoms with van der Waals surface area (Å²) in [6.45, 7) is 5.96. The van der Waals surface area contributed by atoms with Gasteiger partial charge < -0.3 is 5.32 Å². The molecule has 0 aliphatic rings. The largest absolute Gasteiger partial charge is 0.368 e. The first-order valence-corrected chi connectivity index (χ1v) is 4.27. The van der Waals surface area contributed by atoms with Crippen molar-refractivity contribution in [1.29, 1.82) is 5.26 Å². The van der Waals surface area contributed by atoms with Crippen LogP contribution in [0.4, 0.5) is 5.82 Å². The van der Waals surface area contributed by atoms with E-state index in [1.807, 2.05) is 20.8 Å². The van der Waals surface area contributed by atoms with Crippen molar-refractivity contribution in [1.82, 2.24) is 4.98 Å². The molecule has 1 heterocycles. The van der Waals surface area contributed by atoms with Crippen LogP contribution in [-0.4, -0.2) is 11.0 Å². The minimum atomic E-state index is 0.334. The summed E-state index contributed by atoms with van der Waals surface area (Å²) in [5.41, 5.74) is 1.51. The lowest BCUT2D eigenvalue weighted by Gasteiger charge is -2.09. The highest BCUT2D eigenvalue weighted by atomic mass is 15.0. The van der Waals surface area contributed by atoms with Gasteiger partial charge in [-0.25, -0.2) is 4.98 Å². The van der Waals surface area contributed by atoms with Crippen molar-refractivity contribution in [2.75, 3.05) is 5.32 Å². The van der Waals surface area contributed by atoms with Gasteiger partial charge in [-0.05, 0) is 32.9 Å². The number of hydrogen-bond acceptors (Lipinski definition) is 3. The first-order valence-electron chi connectivity index (χ1n) is 4.27. The zero-order chi connectivity index (χ0) is 9.84. The van der Waals surface area contributed by atoms with E-state index in [0.717, 1.165) is 11.5 Å². The Bertz CT molecular complexity index is 337. The van der Waals surface area contributed by atoms with E-state index in [1.54, 1.807) is 12.1 Å². The third kappa shape index (κ3) is 2.75. The first kappa shape index (κ1) is 9.53. The second-order valence-electron chi connectivity index (χ2n) is 3.29. The second kappa shape index (κ2) is 3.90. The topological polar surface area (TPSA) is 48.7 Å². The molecule has 0 saturated heterocycles. The fourth-order valence-electron chi connectivity index (χ4n) is 1.10. The summed E-state index contributed by atoms with van der Waals surface area (Å²) >= 11 is 0. The van der Waals surface area contributed by atoms with Gasteiger partial charge in [-0.2, -0.15) is 5.26 Å². The zero-order valence-corrected chi connectivity index (χ0v) is 8.13. The molecule has 0 amide bonds. The smallest absolute Gasteiger partial charge is 0.127 e. The number of nitriles is 1. The monoisotopic (exact) mass is 175 g/mol. The number of anilines is 1. The number of hydrogen-bond donors (Lipinski definition) is 1. The van der Waals surface area contributed by atoms with Crippen LogP contribution in [-0.2, 0) is 0 Å². The number of aromatic nitrogens is 1. The van der Waals surface area contributed by atoms with Crippen molar-refractivity contribution in [2.24, 2.45) is 0 Å². The van der Waals surface area contributed by atoms with Crippen molar-refractivity contribution in [3.05, 3.63) is 23.4 Å². The fraction of sp³-hybridized carbons (Fsp3) is 0.400. The Kier molecular flexibility index (Phi) is 2.86. The molecule has 1 N–H and O–H groups in total. The van der Waals surface area contributed by atoms with Crippen LogP contribution in [0.2, 0.25) is 0 Å². The number of rotatable bonds is 2. The molecule has 3 nitrogen and oxygen atoms in total. The number of pyridine rings is 1. The minimum absolute atomic E-state index is 0.334. The summed E-state index contributed by atoms with van der Waals surface area (Å²) < 4.78 is 0. The Balaban J connectivity index is 2.96. The molecular formula is C10H13N3. The predicted molar refractivity (Wildman–Crippen MR) is 52.4 cm³/mol. The quantitative estimate of drug-likeness (QED) is 0.748. The van der Waals surface area contributed by atoms with Crippen LogP contribution in [0.3, 0.4) is 0 Å². The molecule has 0 unspecified atom stereocenters. The van der Waals surface area contributed by atoms with Crippen molar-refractivity contribution in [2.45, 2.75) is 26.8 Å². The van der Waals surface area contributed by atoms with Crippen LogP contribution in [0, 0.1) is 18.3 Å². The van der Waals surface area contributed by atoms with Gasteiger partial charge >= 0.3 is 0 Å². The maximum atomic E-state index is 8.72. The Hall–Kier alpha value is -1.56. The molecule has 0 fully saturated rings. The zero-order valence-electron chi connectivity index (χ0n) is 8.13. The summed E-state index contributed by atoms with van der Waals surface area (Å²) in [6, 6.07) is 5.96. The van der Waals surface area contributed by atoms with E-state index in [4.69, 9.17) is 5.26 Å². The fourth-order valence-corrected chi connectivity index (χ4v) is 1.10. The molecule has 0 saturated carbocycles. The molecular weight excluding hydrogens is 162 g/mol. The Morgan fingerprint density at radius 1 is 1.46 bits per heavy atom. The molecule has 13 heavy (non-hydrogen) atoms. The maximum absolute atomic E-state index is 8.72. The number of nitrogens with zero attached hydrogens (tertiary/aromatic N) is 2. The van der Waals surface area contributed by atoms with E-state index in [0.29, 0.717) is 11.6 Å². The summed E-state index contributed by atoms with van der Waals surface area (Å²) in [7, 11) is 0. The van der Waals surface area contributed by atoms with Crippen LogP contribution >= 0.6 is 0 Å². The molecule has 68 valence electrons. The number of nitrogens with one attached hydrogen (secondary N) is 1. The molecule has 0 aliphatic carbocycles. The van der Waals surface area contributed by atoms with Crippen LogP contribution in [0.25, 0.3) is 0 Å². The third-order valence-corrected chi connectivity index (χ3v) is 1.52. The van der Waals surface area contributed by atoms with Crippen LogP contribution in [0.5, 0.6) is 0 Å². The van der Waals surface area contributed by atoms with E-state index in [9.17, 15) is 0 Å². The standard InChI is InChI=1S/C10H13N3/c1-7(2)12-10-5-9(6-11)4-8(3)13-10/h4-5,7H,1-3H3,(H,12,13). The van der Waals surface area contributed by atoms with Gasteiger partial charge in [0.2, 0.25) is 0 Å². The van der Waals surface area contributed by atoms with Gasteiger partial charge in [0.05, 0.1) is 11.6 Å². The highest BCUT2D eigenvalue weighted by Gasteiger charge is 2.00. The second-order valence-corrected chi connectivity index (χ2v) is 3.29. The lowest BCUT2D eigenvalue weighted by Crippen LogP contribution is -2.11. The summed E-state index contributed by atoms with van der Waals surface area (Å²) in [4.78, 5) is 4.26. The number of aryl methyl sites for hydroxylation is 1. The third-order valence-electron chi connectivity index (χ3n) is 1.52. The van der Waals surface area contributed by atoms with Gasteiger partial charge in [-0.15, -0.1) is 0 Å². The molecule has 0 radical (unpaired) electrons. The molecule has 0 bridgehead atoms. The molecule has 0 atom stereocenters. The maximum Gasteiger partial charge on any atom is 0.127 e. The molecule has 0 spiro atoms. The van der Waals surface area contributed by atoms with Gasteiger partial charge in [-0.3, -0.25) is 0 Å². The van der Waals surface area contributed by atoms with Gasteiger partial charge in [-0.1, -0.05) is 0 Å². The summed E-state index contributed by atoms with van der Waals surface area (Å²) in [5, 5.41) is 11.9. The molecule has 1 rings (SSSR count). The highest BCUT2D eigenvalue weighted by Crippen LogP contribution is 2.09. The average molecular weight is 175 g/mol. The Morgan fingerprint density at radius 3 is 2.69 bits per heavy atom. The lowest BCUT2D eigenvalue weighted by atomic mass is 10.2. The van der Waals surface area contributed by atoms with Gasteiger partial charge in [0.25, 0.3) is 0 Å². The molecule has 1 aromatic rings. The average Bonchev–Trinajstić information content (AvgIpc) is 2.01. The highest BCUT2D eigenvalue weighted by molar-refractivity contribution is 5.44. The van der Waals surface area contributed by atoms with E-state index >= 15 is 0 Å². The van der Waals surface area contributed by atoms with Crippen molar-refractivity contribution >= 4 is 5.82 Å². The SMILES string of the molecule is Cc1cc(C#N)cc(NC(C)C)n1. The van der Waals surface area contributed by atoms with Gasteiger partial charge in [0.1, 0.15) is 5.82 Å². The van der Waals surface area contributed by atoms with Crippen LogP contribution < -0.4 is 5.32 Å². The van der Waals surface area contributed by atoms with E-state index < -0.39 is 0 Å². The molecule has 0 aromatic carbocycles. The minimum Gasteiger partial charge on any atom is -0.368 e. The molecule has 1 aromatic heterocycles. The van der Waals surface area contributed by atoms with Crippen molar-refractivity contribution < 1.29 is 0 Å². The van der Waals surface area contributed by atoms with Crippen LogP contribution in [0.1, 0.15) is 25.1 Å². The predicted octanol–water partition coefficient (Wildman–Crippen LogP) is 2.08. The normalized spacial score (nSPS) is 9.77. The van der Waals surface area contributed by atoms with Crippen molar-refractivity contribution in [3.8, 4) is 6.07 Å². The Morgan fingerprint density at radius 2 is 2.15 bits per heavy atom. The van der Waals surface area contributed by atoms with E-state index in [1.165, 1.54) is 0 Å².